The van der Waals surface area contributed by atoms with Gasteiger partial charge >= 0.3 is 0 Å². The molecule has 0 heterocycles. The van der Waals surface area contributed by atoms with Crippen LogP contribution in [0.4, 0.5) is 0 Å². The maximum atomic E-state index is 12.3. The van der Waals surface area contributed by atoms with Crippen LogP contribution in [0.15, 0.2) is 40.9 Å². The van der Waals surface area contributed by atoms with Crippen LogP contribution < -0.4 is 0 Å². The van der Waals surface area contributed by atoms with Crippen LogP contribution in [-0.2, 0) is 0 Å². The Morgan fingerprint density at radius 1 is 1.21 bits per heavy atom. The van der Waals surface area contributed by atoms with E-state index in [0.29, 0.717) is 18.7 Å². The van der Waals surface area contributed by atoms with Crippen molar-refractivity contribution in [2.24, 2.45) is 0 Å². The molecule has 19 heavy (non-hydrogen) atoms. The van der Waals surface area contributed by atoms with Crippen LogP contribution in [0, 0.1) is 0 Å². The van der Waals surface area contributed by atoms with Crippen molar-refractivity contribution in [3.63, 3.8) is 0 Å². The molecule has 2 aromatic rings. The second-order valence-electron chi connectivity index (χ2n) is 4.31. The quantitative estimate of drug-likeness (QED) is 0.940. The predicted octanol–water partition coefficient (Wildman–Crippen LogP) is 3.06. The number of fused-ring (bicyclic) bond motifs is 1. The molecule has 2 aromatic carbocycles. The van der Waals surface area contributed by atoms with E-state index in [1.165, 1.54) is 0 Å². The van der Waals surface area contributed by atoms with Crippen molar-refractivity contribution >= 4 is 32.6 Å². The van der Waals surface area contributed by atoms with Crippen LogP contribution in [0.3, 0.4) is 0 Å². The van der Waals surface area contributed by atoms with Crippen molar-refractivity contribution in [2.75, 3.05) is 19.7 Å². The van der Waals surface area contributed by atoms with E-state index in [1.807, 2.05) is 43.3 Å². The van der Waals surface area contributed by atoms with E-state index >= 15 is 0 Å². The van der Waals surface area contributed by atoms with E-state index in [9.17, 15) is 4.79 Å². The monoisotopic (exact) mass is 321 g/mol. The minimum Gasteiger partial charge on any atom is -0.395 e. The molecule has 2 rings (SSSR count). The number of nitrogens with zero attached hydrogens (tertiary/aromatic N) is 1. The van der Waals surface area contributed by atoms with Gasteiger partial charge in [0.25, 0.3) is 5.91 Å². The summed E-state index contributed by atoms with van der Waals surface area (Å²) in [7, 11) is 0. The maximum absolute atomic E-state index is 12.3. The normalized spacial score (nSPS) is 10.7. The molecule has 4 heteroatoms. The number of carbonyl (C=O) groups is 1. The SMILES string of the molecule is CCN(CCO)C(=O)c1ccc2cc(Br)ccc2c1. The number of benzene rings is 2. The highest BCUT2D eigenvalue weighted by molar-refractivity contribution is 9.10. The lowest BCUT2D eigenvalue weighted by molar-refractivity contribution is 0.0732. The fraction of sp³-hybridized carbons (Fsp3) is 0.267. The first-order chi connectivity index (χ1) is 9.15. The fourth-order valence-electron chi connectivity index (χ4n) is 2.06. The van der Waals surface area contributed by atoms with E-state index in [4.69, 9.17) is 5.11 Å². The minimum absolute atomic E-state index is 0.0138. The lowest BCUT2D eigenvalue weighted by Crippen LogP contribution is -2.33. The highest BCUT2D eigenvalue weighted by Crippen LogP contribution is 2.21. The summed E-state index contributed by atoms with van der Waals surface area (Å²) in [5.74, 6) is -0.0404. The van der Waals surface area contributed by atoms with E-state index < -0.39 is 0 Å². The molecule has 0 saturated heterocycles. The van der Waals surface area contributed by atoms with E-state index in [1.54, 1.807) is 4.90 Å². The van der Waals surface area contributed by atoms with Crippen LogP contribution in [0.25, 0.3) is 10.8 Å². The Morgan fingerprint density at radius 2 is 1.89 bits per heavy atom. The average Bonchev–Trinajstić information content (AvgIpc) is 2.43. The van der Waals surface area contributed by atoms with Crippen LogP contribution in [0.1, 0.15) is 17.3 Å². The number of amides is 1. The zero-order valence-electron chi connectivity index (χ0n) is 10.8. The Morgan fingerprint density at radius 3 is 2.58 bits per heavy atom. The van der Waals surface area contributed by atoms with Gasteiger partial charge in [-0.1, -0.05) is 28.1 Å². The third-order valence-corrected chi connectivity index (χ3v) is 3.58. The van der Waals surface area contributed by atoms with Gasteiger partial charge in [0.15, 0.2) is 0 Å². The summed E-state index contributed by atoms with van der Waals surface area (Å²) in [4.78, 5) is 13.9. The summed E-state index contributed by atoms with van der Waals surface area (Å²) in [6.07, 6.45) is 0. The maximum Gasteiger partial charge on any atom is 0.253 e. The van der Waals surface area contributed by atoms with Gasteiger partial charge in [-0.05, 0) is 42.0 Å². The number of hydrogen-bond acceptors (Lipinski definition) is 2. The Bertz CT molecular complexity index is 598. The molecule has 100 valence electrons. The lowest BCUT2D eigenvalue weighted by Gasteiger charge is -2.19. The molecule has 0 aliphatic carbocycles. The molecule has 0 bridgehead atoms. The van der Waals surface area contributed by atoms with Gasteiger partial charge in [0.1, 0.15) is 0 Å². The van der Waals surface area contributed by atoms with Gasteiger partial charge in [-0.2, -0.15) is 0 Å². The van der Waals surface area contributed by atoms with Crippen LogP contribution in [0.2, 0.25) is 0 Å². The zero-order chi connectivity index (χ0) is 13.8. The summed E-state index contributed by atoms with van der Waals surface area (Å²) in [5.41, 5.74) is 0.658. The summed E-state index contributed by atoms with van der Waals surface area (Å²) >= 11 is 3.43. The first-order valence-electron chi connectivity index (χ1n) is 6.25. The average molecular weight is 322 g/mol. The van der Waals surface area contributed by atoms with Crippen molar-refractivity contribution in [1.29, 1.82) is 0 Å². The molecular weight excluding hydrogens is 306 g/mol. The molecule has 0 aliphatic heterocycles. The van der Waals surface area contributed by atoms with Gasteiger partial charge in [-0.25, -0.2) is 0 Å². The molecule has 0 unspecified atom stereocenters. The Kier molecular flexibility index (Phi) is 4.56. The zero-order valence-corrected chi connectivity index (χ0v) is 12.4. The van der Waals surface area contributed by atoms with Crippen molar-refractivity contribution in [3.8, 4) is 0 Å². The third kappa shape index (κ3) is 3.14. The third-order valence-electron chi connectivity index (χ3n) is 3.09. The van der Waals surface area contributed by atoms with Gasteiger partial charge in [-0.15, -0.1) is 0 Å². The topological polar surface area (TPSA) is 40.5 Å². The second-order valence-corrected chi connectivity index (χ2v) is 5.23. The summed E-state index contributed by atoms with van der Waals surface area (Å²) < 4.78 is 1.02. The Hall–Kier alpha value is -1.39. The number of carbonyl (C=O) groups excluding carboxylic acids is 1. The summed E-state index contributed by atoms with van der Waals surface area (Å²) in [6, 6.07) is 11.6. The highest BCUT2D eigenvalue weighted by atomic mass is 79.9. The number of hydrogen-bond donors (Lipinski definition) is 1. The van der Waals surface area contributed by atoms with E-state index in [2.05, 4.69) is 15.9 Å². The number of rotatable bonds is 4. The van der Waals surface area contributed by atoms with E-state index in [-0.39, 0.29) is 12.5 Å². The molecule has 0 atom stereocenters. The number of aliphatic hydroxyl groups excluding tert-OH is 1. The fourth-order valence-corrected chi connectivity index (χ4v) is 2.43. The van der Waals surface area contributed by atoms with Gasteiger partial charge in [0.05, 0.1) is 6.61 Å². The van der Waals surface area contributed by atoms with Crippen molar-refractivity contribution in [1.82, 2.24) is 4.90 Å². The van der Waals surface area contributed by atoms with Gasteiger partial charge < -0.3 is 10.0 Å². The first kappa shape index (κ1) is 14.0. The predicted molar refractivity (Wildman–Crippen MR) is 80.3 cm³/mol. The van der Waals surface area contributed by atoms with E-state index in [0.717, 1.165) is 15.2 Å². The molecule has 0 saturated carbocycles. The smallest absolute Gasteiger partial charge is 0.253 e. The van der Waals surface area contributed by atoms with Gasteiger partial charge in [0, 0.05) is 23.1 Å². The van der Waals surface area contributed by atoms with Crippen LogP contribution in [0.5, 0.6) is 0 Å². The number of aliphatic hydroxyl groups is 1. The summed E-state index contributed by atoms with van der Waals surface area (Å²) in [6.45, 7) is 2.86. The molecular formula is C15H16BrNO2. The molecule has 1 N–H and O–H groups in total. The van der Waals surface area contributed by atoms with Gasteiger partial charge in [-0.3, -0.25) is 4.79 Å². The van der Waals surface area contributed by atoms with Crippen LogP contribution >= 0.6 is 15.9 Å². The molecule has 3 nitrogen and oxygen atoms in total. The standard InChI is InChI=1S/C15H16BrNO2/c1-2-17(7-8-18)15(19)13-4-3-12-10-14(16)6-5-11(12)9-13/h3-6,9-10,18H,2,7-8H2,1H3. The molecule has 0 spiro atoms. The largest absolute Gasteiger partial charge is 0.395 e. The number of likely N-dealkylation sites (N-methyl/N-ethyl adjacent to an activating group) is 1. The Balaban J connectivity index is 2.35. The molecule has 0 radical (unpaired) electrons. The molecule has 1 amide bonds. The molecule has 0 aromatic heterocycles. The highest BCUT2D eigenvalue weighted by Gasteiger charge is 2.13. The summed E-state index contributed by atoms with van der Waals surface area (Å²) in [5, 5.41) is 11.1. The van der Waals surface area contributed by atoms with Crippen LogP contribution in [-0.4, -0.2) is 35.6 Å². The van der Waals surface area contributed by atoms with Crippen molar-refractivity contribution in [3.05, 3.63) is 46.4 Å². The minimum atomic E-state index is -0.0404. The molecule has 0 aliphatic rings. The van der Waals surface area contributed by atoms with Crippen molar-refractivity contribution in [2.45, 2.75) is 6.92 Å². The molecule has 0 fully saturated rings. The first-order valence-corrected chi connectivity index (χ1v) is 7.04. The second kappa shape index (κ2) is 6.17. The Labute approximate surface area is 121 Å². The van der Waals surface area contributed by atoms with Gasteiger partial charge in [0.2, 0.25) is 0 Å². The lowest BCUT2D eigenvalue weighted by atomic mass is 10.1. The van der Waals surface area contributed by atoms with Crippen molar-refractivity contribution < 1.29 is 9.90 Å². The number of halogens is 1.